The normalized spacial score (nSPS) is 35.6. The van der Waals surface area contributed by atoms with Crippen molar-refractivity contribution in [2.75, 3.05) is 30.3 Å². The van der Waals surface area contributed by atoms with Crippen LogP contribution in [0.25, 0.3) is 6.08 Å². The summed E-state index contributed by atoms with van der Waals surface area (Å²) in [5.41, 5.74) is -4.47. The Morgan fingerprint density at radius 2 is 1.50 bits per heavy atom. The summed E-state index contributed by atoms with van der Waals surface area (Å²) in [6.07, 6.45) is -1.23. The van der Waals surface area contributed by atoms with Crippen molar-refractivity contribution < 1.29 is 88.1 Å². The van der Waals surface area contributed by atoms with Crippen LogP contribution in [0.15, 0.2) is 60.7 Å². The van der Waals surface area contributed by atoms with Gasteiger partial charge in [-0.15, -0.1) is 47.0 Å². The Labute approximate surface area is 675 Å². The number of carbonyl (C=O) groups is 11. The SMILES string of the molecule is C=C(NC(=O)C(=C)NC(=O)C1CNC(CC2CC34CC(N2)C2CSC(N2)C(NC(=S)C2CSC(N2)C(C(C)(O)C(C)O)NC(=O)C2CSC(N2)/C(=C\C)NC(=O)C(C(C)O)NC(=O)C2CCC3N2)C(C)OC(=O)c2cc(C(C)O)c3c(n2)C(O)C(C=C3)NC(C(C)C)C(=O)NC(C)C(=O)NC(=C)C(=O)NCC(=O)N4)S1)C(=O)O. The number of thiocarbonyl (C=S) groups is 1. The Balaban J connectivity index is 1.06. The third-order valence-corrected chi connectivity index (χ3v) is 27.4. The van der Waals surface area contributed by atoms with Gasteiger partial charge < -0.3 is 104 Å². The van der Waals surface area contributed by atoms with Crippen LogP contribution in [0.1, 0.15) is 134 Å². The summed E-state index contributed by atoms with van der Waals surface area (Å²) in [6, 6.07) is -11.0. The number of hydrogen-bond donors (Lipinski definition) is 23. The molecule has 25 unspecified atom stereocenters. The maximum absolute atomic E-state index is 15.1. The molecule has 0 saturated carbocycles. The van der Waals surface area contributed by atoms with Gasteiger partial charge in [0.2, 0.25) is 41.4 Å². The molecule has 8 aliphatic heterocycles. The maximum atomic E-state index is 15.1. The first-order chi connectivity index (χ1) is 53.3. The fourth-order valence-electron chi connectivity index (χ4n) is 15.2. The second kappa shape index (κ2) is 37.4. The number of cyclic esters (lactones) is 1. The minimum Gasteiger partial charge on any atom is -0.477 e. The number of ether oxygens (including phenoxy) is 1. The molecule has 14 bridgehead atoms. The Hall–Kier alpha value is -7.17. The topological polar surface area (TPSA) is 536 Å². The van der Waals surface area contributed by atoms with E-state index in [1.54, 1.807) is 45.9 Å². The largest absolute Gasteiger partial charge is 0.477 e. The van der Waals surface area contributed by atoms with Gasteiger partial charge >= 0.3 is 11.9 Å². The van der Waals surface area contributed by atoms with E-state index in [0.29, 0.717) is 17.0 Å². The van der Waals surface area contributed by atoms with Crippen LogP contribution in [-0.4, -0.2) is 271 Å². The fourth-order valence-corrected chi connectivity index (χ4v) is 21.1. The molecule has 0 aromatic carbocycles. The smallest absolute Gasteiger partial charge is 0.357 e. The number of aliphatic hydroxyl groups excluding tert-OH is 4. The molecule has 23 N–H and O–H groups in total. The van der Waals surface area contributed by atoms with Gasteiger partial charge in [-0.25, -0.2) is 14.6 Å². The number of hydrogen-bond acceptors (Lipinski definition) is 30. The Morgan fingerprint density at radius 1 is 0.796 bits per heavy atom. The minimum atomic E-state index is -1.97. The van der Waals surface area contributed by atoms with Crippen LogP contribution in [0.5, 0.6) is 0 Å². The quantitative estimate of drug-likeness (QED) is 0.0535. The number of pyridine rings is 1. The van der Waals surface area contributed by atoms with Gasteiger partial charge in [-0.05, 0) is 98.1 Å². The molecule has 25 atom stereocenters. The first-order valence-electron chi connectivity index (χ1n) is 37.5. The zero-order valence-electron chi connectivity index (χ0n) is 63.9. The number of carboxylic acid groups (broad SMARTS) is 1. The number of amides is 9. The standard InChI is InChI=1S/C72H104N18O18S5/c1-13-39-66-85-45(25-110-66)61(100)89-56(71(12,107)35(11)93)68-86-46(26-112-68)65(109)88-53-34(10)108-70(106)42-19-38(32(8)91)37-14-15-40(55(95)54(37)82-42)81-51(27(2)3)63(102)77-30(6)58(97)75-28(4)57(96)74-23-49(94)90-72(48-17-16-41(80-48)60(99)87-52(33(9)92)64(103)83-39)20-36(79-43(21-72)44-24-111-67(53)84-44)18-50-73-22-47(113-50)62(101)76-29(5)59(98)78-31(7)69(104)105/h13-15,19,27,30,32-36,40-41,43-48,50-53,55-56,66-68,73,79-81,84-86,91-93,95,107H,4-5,7,16-18,20-26H2,1-3,6,8-12H3,(H,74,96)(H,75,97)(H,76,101)(H,77,102)(H,78,98)(H,83,103)(H,87,99)(H,88,109)(H,89,100)(H,90,94)(H,104,105)/b39-13+. The second-order valence-electron chi connectivity index (χ2n) is 30.5. The number of thioether (sulfide) groups is 4. The van der Waals surface area contributed by atoms with Crippen molar-refractivity contribution in [1.82, 2.24) is 95.4 Å². The molecule has 0 spiro atoms. The van der Waals surface area contributed by atoms with E-state index in [-0.39, 0.29) is 72.1 Å². The molecule has 1 aromatic heterocycles. The summed E-state index contributed by atoms with van der Waals surface area (Å²) in [7, 11) is 0. The van der Waals surface area contributed by atoms with Crippen LogP contribution < -0.4 is 90.4 Å². The number of aromatic nitrogens is 1. The number of esters is 1. The Morgan fingerprint density at radius 3 is 2.19 bits per heavy atom. The van der Waals surface area contributed by atoms with Gasteiger partial charge in [0.1, 0.15) is 41.3 Å². The van der Waals surface area contributed by atoms with Gasteiger partial charge in [0.15, 0.2) is 0 Å². The summed E-state index contributed by atoms with van der Waals surface area (Å²) in [4.78, 5) is 159. The van der Waals surface area contributed by atoms with Crippen molar-refractivity contribution in [3.05, 3.63) is 83.3 Å². The number of rotatable bonds is 12. The molecule has 1 aromatic rings. The van der Waals surface area contributed by atoms with Crippen molar-refractivity contribution in [3.8, 4) is 0 Å². The van der Waals surface area contributed by atoms with Crippen LogP contribution in [0.4, 0.5) is 0 Å². The molecule has 41 heteroatoms. The van der Waals surface area contributed by atoms with E-state index < -0.39 is 242 Å². The molecule has 1 aliphatic carbocycles. The van der Waals surface area contributed by atoms with Crippen LogP contribution >= 0.6 is 59.3 Å². The van der Waals surface area contributed by atoms with Gasteiger partial charge in [-0.3, -0.25) is 64.4 Å². The zero-order valence-corrected chi connectivity index (χ0v) is 68.0. The molecule has 7 fully saturated rings. The highest BCUT2D eigenvalue weighted by molar-refractivity contribution is 8.01. The Bertz CT molecular complexity index is 3980. The molecule has 9 aliphatic rings. The molecule has 7 saturated heterocycles. The summed E-state index contributed by atoms with van der Waals surface area (Å²) in [5.74, 6) is -9.11. The minimum absolute atomic E-state index is 0.0344. The highest BCUT2D eigenvalue weighted by atomic mass is 32.2. The van der Waals surface area contributed by atoms with Gasteiger partial charge in [0.25, 0.3) is 11.8 Å². The predicted octanol–water partition coefficient (Wildman–Crippen LogP) is -4.26. The average Bonchev–Trinajstić information content (AvgIpc) is 1.75. The number of allylic oxidation sites excluding steroid dienone is 1. The highest BCUT2D eigenvalue weighted by Gasteiger charge is 2.55. The molecular formula is C72H104N18O18S5. The highest BCUT2D eigenvalue weighted by Crippen LogP contribution is 2.41. The van der Waals surface area contributed by atoms with E-state index >= 15 is 9.59 Å². The number of fused-ring (bicyclic) bond motifs is 8. The lowest BCUT2D eigenvalue weighted by atomic mass is 9.72. The fraction of sp³-hybridized carbons (Fsp3) is 0.625. The molecule has 0 radical (unpaired) electrons. The van der Waals surface area contributed by atoms with Crippen LogP contribution in [0.3, 0.4) is 0 Å². The third-order valence-electron chi connectivity index (χ3n) is 21.8. The maximum Gasteiger partial charge on any atom is 0.357 e. The zero-order chi connectivity index (χ0) is 82.6. The van der Waals surface area contributed by atoms with Crippen LogP contribution in [0, 0.1) is 5.92 Å². The van der Waals surface area contributed by atoms with Crippen LogP contribution in [0.2, 0.25) is 0 Å². The number of carboxylic acids is 1. The second-order valence-corrected chi connectivity index (χ2v) is 35.8. The first kappa shape index (κ1) is 88.2. The summed E-state index contributed by atoms with van der Waals surface area (Å²) >= 11 is 11.6. The van der Waals surface area contributed by atoms with Crippen molar-refractivity contribution in [2.45, 2.75) is 241 Å². The number of nitrogens with one attached hydrogen (secondary N) is 17. The number of nitrogens with zero attached hydrogens (tertiary/aromatic N) is 1. The predicted molar refractivity (Wildman–Crippen MR) is 427 cm³/mol. The lowest BCUT2D eigenvalue weighted by molar-refractivity contribution is -0.134. The van der Waals surface area contributed by atoms with Gasteiger partial charge in [-0.2, -0.15) is 0 Å². The molecular weight excluding hydrogens is 1570 g/mol. The lowest BCUT2D eigenvalue weighted by Gasteiger charge is -2.51. The van der Waals surface area contributed by atoms with Crippen molar-refractivity contribution in [2.24, 2.45) is 5.92 Å². The van der Waals surface area contributed by atoms with Gasteiger partial charge in [0.05, 0.1) is 122 Å². The monoisotopic (exact) mass is 1670 g/mol. The van der Waals surface area contributed by atoms with E-state index in [9.17, 15) is 73.8 Å². The summed E-state index contributed by atoms with van der Waals surface area (Å²) in [6.45, 7) is 23.8. The third kappa shape index (κ3) is 20.8. The van der Waals surface area contributed by atoms with E-state index in [2.05, 4.69) is 115 Å². The van der Waals surface area contributed by atoms with Crippen LogP contribution in [-0.2, 0) is 52.7 Å². The summed E-state index contributed by atoms with van der Waals surface area (Å²) < 4.78 is 6.46. The van der Waals surface area contributed by atoms with E-state index in [0.717, 1.165) is 0 Å². The molecule has 620 valence electrons. The number of piperidine rings is 1. The lowest BCUT2D eigenvalue weighted by Crippen LogP contribution is -2.71. The van der Waals surface area contributed by atoms with E-state index in [1.807, 2.05) is 0 Å². The first-order valence-corrected chi connectivity index (χ1v) is 42.0. The number of carbonyl (C=O) groups excluding carboxylic acids is 10. The van der Waals surface area contributed by atoms with Crippen molar-refractivity contribution in [1.29, 1.82) is 0 Å². The molecule has 36 nitrogen and oxygen atoms in total. The molecule has 113 heavy (non-hydrogen) atoms. The van der Waals surface area contributed by atoms with Crippen molar-refractivity contribution >= 4 is 135 Å². The Kier molecular flexibility index (Phi) is 29.2. The van der Waals surface area contributed by atoms with Gasteiger partial charge in [-0.1, -0.05) is 64.0 Å². The molecule has 9 amide bonds. The average molecular weight is 1670 g/mol. The van der Waals surface area contributed by atoms with E-state index in [1.165, 1.54) is 87.7 Å². The van der Waals surface area contributed by atoms with Crippen molar-refractivity contribution in [3.63, 3.8) is 0 Å². The molecule has 10 rings (SSSR count). The molecule has 9 heterocycles. The number of aliphatic carboxylic acids is 1. The number of aliphatic hydroxyl groups is 5. The summed E-state index contributed by atoms with van der Waals surface area (Å²) in [5, 5.41) is 116. The van der Waals surface area contributed by atoms with Gasteiger partial charge in [0, 0.05) is 59.2 Å². The van der Waals surface area contributed by atoms with E-state index in [4.69, 9.17) is 17.0 Å².